The van der Waals surface area contributed by atoms with Crippen LogP contribution in [0.5, 0.6) is 0 Å². The molecule has 34 heavy (non-hydrogen) atoms. The summed E-state index contributed by atoms with van der Waals surface area (Å²) in [4.78, 5) is 0. The number of hydrogen-bond donors (Lipinski definition) is 0. The zero-order valence-electron chi connectivity index (χ0n) is 19.5. The van der Waals surface area contributed by atoms with E-state index < -0.39 is 11.7 Å². The first-order valence-corrected chi connectivity index (χ1v) is 11.2. The van der Waals surface area contributed by atoms with E-state index in [9.17, 15) is 13.2 Å². The third kappa shape index (κ3) is 3.61. The molecule has 0 atom stereocenters. The number of fused-ring (bicyclic) bond motifs is 2. The van der Waals surface area contributed by atoms with Gasteiger partial charge in [-0.1, -0.05) is 36.4 Å². The summed E-state index contributed by atoms with van der Waals surface area (Å²) in [5.74, 6) is 0. The number of nitrogens with zero attached hydrogens (tertiary/aromatic N) is 2. The first kappa shape index (κ1) is 22.1. The monoisotopic (exact) mass is 458 g/mol. The van der Waals surface area contributed by atoms with Gasteiger partial charge in [-0.15, -0.1) is 0 Å². The Bertz CT molecular complexity index is 1580. The summed E-state index contributed by atoms with van der Waals surface area (Å²) in [6, 6.07) is 20.4. The SMILES string of the molecule is Cc1c(-c2c(C)c3ccccc3c[n+]2C)cc(C(F)(F)F)cc1-[n+]1cc2ccccc2cc1C. The molecule has 0 aliphatic carbocycles. The molecule has 0 saturated heterocycles. The molecule has 0 aliphatic heterocycles. The lowest BCUT2D eigenvalue weighted by Gasteiger charge is -2.15. The Kier molecular flexibility index (Phi) is 5.16. The standard InChI is InChI=1S/C29H25F3N2/c1-18-13-21-9-5-6-10-22(21)17-34(18)27-15-24(29(30,31)32)14-26(19(27)2)28-20(3)25-12-8-7-11-23(25)16-33(28)4/h5-17H,1-4H3/q+2. The zero-order valence-corrected chi connectivity index (χ0v) is 19.5. The fourth-order valence-corrected chi connectivity index (χ4v) is 4.92. The van der Waals surface area contributed by atoms with E-state index in [1.165, 1.54) is 12.1 Å². The molecule has 5 heteroatoms. The molecule has 170 valence electrons. The van der Waals surface area contributed by atoms with Crippen LogP contribution in [-0.4, -0.2) is 0 Å². The number of alkyl halides is 3. The van der Waals surface area contributed by atoms with Crippen molar-refractivity contribution < 1.29 is 22.3 Å². The van der Waals surface area contributed by atoms with E-state index in [-0.39, 0.29) is 0 Å². The predicted molar refractivity (Wildman–Crippen MR) is 129 cm³/mol. The van der Waals surface area contributed by atoms with Crippen molar-refractivity contribution in [2.75, 3.05) is 0 Å². The minimum atomic E-state index is -4.47. The van der Waals surface area contributed by atoms with Crippen LogP contribution in [0.1, 0.15) is 22.4 Å². The minimum Gasteiger partial charge on any atom is -0.200 e. The van der Waals surface area contributed by atoms with Crippen molar-refractivity contribution in [1.29, 1.82) is 0 Å². The second-order valence-corrected chi connectivity index (χ2v) is 8.88. The normalized spacial score (nSPS) is 12.0. The molecule has 5 rings (SSSR count). The van der Waals surface area contributed by atoms with Crippen LogP contribution in [0.25, 0.3) is 38.5 Å². The molecule has 0 aliphatic rings. The predicted octanol–water partition coefficient (Wildman–Crippen LogP) is 6.71. The van der Waals surface area contributed by atoms with E-state index in [0.29, 0.717) is 11.3 Å². The van der Waals surface area contributed by atoms with Crippen LogP contribution in [0.15, 0.2) is 79.1 Å². The van der Waals surface area contributed by atoms with E-state index in [0.717, 1.165) is 44.1 Å². The Balaban J connectivity index is 1.86. The molecule has 0 radical (unpaired) electrons. The molecule has 0 spiro atoms. The van der Waals surface area contributed by atoms with E-state index in [2.05, 4.69) is 0 Å². The third-order valence-electron chi connectivity index (χ3n) is 6.64. The molecule has 2 heterocycles. The van der Waals surface area contributed by atoms with Crippen LogP contribution in [0.4, 0.5) is 13.2 Å². The molecule has 3 aromatic carbocycles. The maximum Gasteiger partial charge on any atom is 0.416 e. The average Bonchev–Trinajstić information content (AvgIpc) is 2.79. The van der Waals surface area contributed by atoms with Gasteiger partial charge in [-0.3, -0.25) is 0 Å². The zero-order chi connectivity index (χ0) is 24.2. The van der Waals surface area contributed by atoms with Crippen molar-refractivity contribution in [3.8, 4) is 16.9 Å². The lowest BCUT2D eigenvalue weighted by Crippen LogP contribution is -2.36. The highest BCUT2D eigenvalue weighted by molar-refractivity contribution is 5.88. The van der Waals surface area contributed by atoms with Gasteiger partial charge in [-0.25, -0.2) is 4.57 Å². The van der Waals surface area contributed by atoms with Crippen LogP contribution in [0.2, 0.25) is 0 Å². The fourth-order valence-electron chi connectivity index (χ4n) is 4.92. The van der Waals surface area contributed by atoms with Crippen LogP contribution in [0.3, 0.4) is 0 Å². The molecular formula is C29H25F3N2+2. The Morgan fingerprint density at radius 2 is 1.35 bits per heavy atom. The number of benzene rings is 3. The van der Waals surface area contributed by atoms with Crippen molar-refractivity contribution >= 4 is 21.5 Å². The summed E-state index contributed by atoms with van der Waals surface area (Å²) in [6.45, 7) is 5.81. The lowest BCUT2D eigenvalue weighted by molar-refractivity contribution is -0.659. The smallest absolute Gasteiger partial charge is 0.200 e. The highest BCUT2D eigenvalue weighted by atomic mass is 19.4. The quantitative estimate of drug-likeness (QED) is 0.260. The van der Waals surface area contributed by atoms with E-state index in [1.54, 1.807) is 0 Å². The molecule has 2 nitrogen and oxygen atoms in total. The molecule has 0 fully saturated rings. The number of aromatic nitrogens is 2. The van der Waals surface area contributed by atoms with Gasteiger partial charge >= 0.3 is 6.18 Å². The maximum absolute atomic E-state index is 14.1. The molecular weight excluding hydrogens is 433 g/mol. The third-order valence-corrected chi connectivity index (χ3v) is 6.64. The molecule has 0 saturated carbocycles. The largest absolute Gasteiger partial charge is 0.416 e. The summed E-state index contributed by atoms with van der Waals surface area (Å²) >= 11 is 0. The fraction of sp³-hybridized carbons (Fsp3) is 0.172. The minimum absolute atomic E-state index is 0.528. The summed E-state index contributed by atoms with van der Waals surface area (Å²) in [5, 5.41) is 4.11. The number of halogens is 3. The van der Waals surface area contributed by atoms with Crippen molar-refractivity contribution in [3.05, 3.63) is 102 Å². The number of aryl methyl sites for hydroxylation is 3. The van der Waals surface area contributed by atoms with Crippen molar-refractivity contribution in [3.63, 3.8) is 0 Å². The average molecular weight is 459 g/mol. The van der Waals surface area contributed by atoms with Gasteiger partial charge in [0.25, 0.3) is 0 Å². The number of hydrogen-bond acceptors (Lipinski definition) is 0. The maximum atomic E-state index is 14.1. The van der Waals surface area contributed by atoms with Crippen LogP contribution in [-0.2, 0) is 13.2 Å². The van der Waals surface area contributed by atoms with Crippen molar-refractivity contribution in [1.82, 2.24) is 0 Å². The van der Waals surface area contributed by atoms with Gasteiger partial charge in [-0.05, 0) is 42.8 Å². The number of rotatable bonds is 2. The second-order valence-electron chi connectivity index (χ2n) is 8.88. The summed E-state index contributed by atoms with van der Waals surface area (Å²) in [7, 11) is 1.89. The second kappa shape index (κ2) is 7.94. The molecule has 2 aromatic heterocycles. The van der Waals surface area contributed by atoms with Gasteiger partial charge in [-0.2, -0.15) is 17.7 Å². The van der Waals surface area contributed by atoms with Crippen LogP contribution < -0.4 is 9.13 Å². The van der Waals surface area contributed by atoms with Gasteiger partial charge in [0.15, 0.2) is 18.1 Å². The number of pyridine rings is 2. The lowest BCUT2D eigenvalue weighted by atomic mass is 9.94. The first-order valence-electron chi connectivity index (χ1n) is 11.2. The first-order chi connectivity index (χ1) is 16.1. The van der Waals surface area contributed by atoms with Crippen LogP contribution >= 0.6 is 0 Å². The molecule has 5 aromatic rings. The summed E-state index contributed by atoms with van der Waals surface area (Å²) in [5.41, 5.74) is 3.85. The van der Waals surface area contributed by atoms with E-state index in [4.69, 9.17) is 0 Å². The summed E-state index contributed by atoms with van der Waals surface area (Å²) in [6.07, 6.45) is -0.568. The highest BCUT2D eigenvalue weighted by Gasteiger charge is 2.35. The topological polar surface area (TPSA) is 7.76 Å². The highest BCUT2D eigenvalue weighted by Crippen LogP contribution is 2.37. The van der Waals surface area contributed by atoms with E-state index in [1.807, 2.05) is 104 Å². The Morgan fingerprint density at radius 3 is 2.06 bits per heavy atom. The molecule has 0 N–H and O–H groups in total. The Hall–Kier alpha value is -3.73. The van der Waals surface area contributed by atoms with Gasteiger partial charge in [0, 0.05) is 41.0 Å². The summed E-state index contributed by atoms with van der Waals surface area (Å²) < 4.78 is 46.1. The molecule has 0 bridgehead atoms. The van der Waals surface area contributed by atoms with Gasteiger partial charge in [0.1, 0.15) is 7.05 Å². The molecule has 0 amide bonds. The van der Waals surface area contributed by atoms with Crippen molar-refractivity contribution in [2.24, 2.45) is 7.05 Å². The molecule has 0 unspecified atom stereocenters. The van der Waals surface area contributed by atoms with E-state index >= 15 is 0 Å². The van der Waals surface area contributed by atoms with Crippen molar-refractivity contribution in [2.45, 2.75) is 26.9 Å². The van der Waals surface area contributed by atoms with Gasteiger partial charge in [0.05, 0.1) is 11.1 Å². The van der Waals surface area contributed by atoms with Gasteiger partial charge < -0.3 is 0 Å². The Labute approximate surface area is 196 Å². The Morgan fingerprint density at radius 1 is 0.706 bits per heavy atom. The van der Waals surface area contributed by atoms with Crippen LogP contribution in [0, 0.1) is 20.8 Å². The van der Waals surface area contributed by atoms with Gasteiger partial charge in [0.2, 0.25) is 11.4 Å².